The molecule has 6 nitrogen and oxygen atoms in total. The number of hydrogen-bond acceptors (Lipinski definition) is 5. The molecule has 1 N–H and O–H groups in total. The minimum atomic E-state index is 0.0119. The number of aromatic nitrogens is 2. The summed E-state index contributed by atoms with van der Waals surface area (Å²) in [5.41, 5.74) is 2.35. The molecule has 2 aromatic rings. The summed E-state index contributed by atoms with van der Waals surface area (Å²) < 4.78 is 0. The molecular formula is C23H30ClN5O. The zero-order chi connectivity index (χ0) is 20.9. The molecule has 2 aliphatic heterocycles. The summed E-state index contributed by atoms with van der Waals surface area (Å²) in [4.78, 5) is 26.4. The Labute approximate surface area is 183 Å². The van der Waals surface area contributed by atoms with Crippen LogP contribution in [0.1, 0.15) is 53.7 Å². The van der Waals surface area contributed by atoms with Gasteiger partial charge in [-0.05, 0) is 63.4 Å². The molecule has 1 aromatic heterocycles. The summed E-state index contributed by atoms with van der Waals surface area (Å²) in [6, 6.07) is 8.33. The third-order valence-electron chi connectivity index (χ3n) is 6.29. The first-order valence-electron chi connectivity index (χ1n) is 10.9. The molecule has 30 heavy (non-hydrogen) atoms. The third kappa shape index (κ3) is 4.93. The molecule has 0 bridgehead atoms. The molecule has 0 saturated carbocycles. The van der Waals surface area contributed by atoms with Gasteiger partial charge in [0, 0.05) is 36.3 Å². The Bertz CT molecular complexity index is 876. The third-order valence-corrected chi connectivity index (χ3v) is 6.53. The van der Waals surface area contributed by atoms with E-state index in [1.165, 1.54) is 38.7 Å². The molecule has 160 valence electrons. The summed E-state index contributed by atoms with van der Waals surface area (Å²) in [5.74, 6) is 0.703. The topological polar surface area (TPSA) is 61.4 Å². The minimum absolute atomic E-state index is 0.0119. The average molecular weight is 428 g/mol. The van der Waals surface area contributed by atoms with Crippen molar-refractivity contribution in [3.05, 3.63) is 52.4 Å². The highest BCUT2D eigenvalue weighted by Crippen LogP contribution is 2.23. The SMILES string of the molecule is Cc1c(NCc2cccc(Cl)c2)ncnc1C(=O)N1CCC(N2CCCCC2)CC1. The van der Waals surface area contributed by atoms with Crippen LogP contribution in [0.4, 0.5) is 5.82 Å². The van der Waals surface area contributed by atoms with Crippen molar-refractivity contribution >= 4 is 23.3 Å². The van der Waals surface area contributed by atoms with Gasteiger partial charge in [0.05, 0.1) is 0 Å². The molecule has 3 heterocycles. The maximum Gasteiger partial charge on any atom is 0.272 e. The summed E-state index contributed by atoms with van der Waals surface area (Å²) in [5, 5.41) is 4.02. The molecule has 4 rings (SSSR count). The summed E-state index contributed by atoms with van der Waals surface area (Å²) in [6.45, 7) is 6.53. The molecule has 0 unspecified atom stereocenters. The Morgan fingerprint density at radius 3 is 2.63 bits per heavy atom. The first-order valence-corrected chi connectivity index (χ1v) is 11.3. The summed E-state index contributed by atoms with van der Waals surface area (Å²) >= 11 is 6.06. The van der Waals surface area contributed by atoms with Crippen molar-refractivity contribution < 1.29 is 4.79 Å². The van der Waals surface area contributed by atoms with E-state index in [4.69, 9.17) is 11.6 Å². The Morgan fingerprint density at radius 1 is 1.13 bits per heavy atom. The van der Waals surface area contributed by atoms with E-state index in [9.17, 15) is 4.79 Å². The number of amides is 1. The lowest BCUT2D eigenvalue weighted by Crippen LogP contribution is -2.48. The van der Waals surface area contributed by atoms with E-state index < -0.39 is 0 Å². The van der Waals surface area contributed by atoms with Crippen LogP contribution in [0.15, 0.2) is 30.6 Å². The minimum Gasteiger partial charge on any atom is -0.366 e. The Balaban J connectivity index is 1.38. The lowest BCUT2D eigenvalue weighted by Gasteiger charge is -2.40. The molecule has 7 heteroatoms. The molecule has 0 atom stereocenters. The molecule has 0 aliphatic carbocycles. The van der Waals surface area contributed by atoms with Gasteiger partial charge in [-0.1, -0.05) is 30.2 Å². The average Bonchev–Trinajstić information content (AvgIpc) is 2.79. The number of hydrogen-bond donors (Lipinski definition) is 1. The van der Waals surface area contributed by atoms with Crippen LogP contribution >= 0.6 is 11.6 Å². The van der Waals surface area contributed by atoms with Gasteiger partial charge in [0.1, 0.15) is 17.8 Å². The van der Waals surface area contributed by atoms with Gasteiger partial charge in [-0.15, -0.1) is 0 Å². The lowest BCUT2D eigenvalue weighted by molar-refractivity contribution is 0.0584. The van der Waals surface area contributed by atoms with Crippen molar-refractivity contribution in [1.82, 2.24) is 19.8 Å². The van der Waals surface area contributed by atoms with Crippen molar-refractivity contribution in [2.75, 3.05) is 31.5 Å². The number of rotatable bonds is 5. The highest BCUT2D eigenvalue weighted by molar-refractivity contribution is 6.30. The highest BCUT2D eigenvalue weighted by atomic mass is 35.5. The van der Waals surface area contributed by atoms with E-state index in [-0.39, 0.29) is 5.91 Å². The van der Waals surface area contributed by atoms with E-state index in [2.05, 4.69) is 20.2 Å². The fraction of sp³-hybridized carbons (Fsp3) is 0.522. The lowest BCUT2D eigenvalue weighted by atomic mass is 9.99. The predicted molar refractivity (Wildman–Crippen MR) is 120 cm³/mol. The Morgan fingerprint density at radius 2 is 1.90 bits per heavy atom. The summed E-state index contributed by atoms with van der Waals surface area (Å²) in [6.07, 6.45) is 7.55. The van der Waals surface area contributed by atoms with Crippen molar-refractivity contribution in [3.8, 4) is 0 Å². The van der Waals surface area contributed by atoms with Crippen LogP contribution in [0.2, 0.25) is 5.02 Å². The van der Waals surface area contributed by atoms with E-state index in [0.717, 1.165) is 37.1 Å². The number of benzene rings is 1. The second-order valence-electron chi connectivity index (χ2n) is 8.30. The smallest absolute Gasteiger partial charge is 0.272 e. The zero-order valence-electron chi connectivity index (χ0n) is 17.6. The van der Waals surface area contributed by atoms with Crippen LogP contribution in [-0.4, -0.2) is 57.9 Å². The Kier molecular flexibility index (Phi) is 6.85. The number of nitrogens with one attached hydrogen (secondary N) is 1. The van der Waals surface area contributed by atoms with Gasteiger partial charge in [-0.25, -0.2) is 9.97 Å². The largest absolute Gasteiger partial charge is 0.366 e. The maximum absolute atomic E-state index is 13.2. The molecule has 0 spiro atoms. The molecule has 1 aromatic carbocycles. The maximum atomic E-state index is 13.2. The van der Waals surface area contributed by atoms with Gasteiger partial charge >= 0.3 is 0 Å². The van der Waals surface area contributed by atoms with Crippen LogP contribution in [0.5, 0.6) is 0 Å². The number of carbonyl (C=O) groups is 1. The van der Waals surface area contributed by atoms with E-state index in [1.54, 1.807) is 0 Å². The summed E-state index contributed by atoms with van der Waals surface area (Å²) in [7, 11) is 0. The van der Waals surface area contributed by atoms with Crippen LogP contribution < -0.4 is 5.32 Å². The molecule has 0 radical (unpaired) electrons. The second-order valence-corrected chi connectivity index (χ2v) is 8.74. The van der Waals surface area contributed by atoms with Crippen LogP contribution in [0, 0.1) is 6.92 Å². The molecule has 2 aliphatic rings. The molecule has 2 fully saturated rings. The van der Waals surface area contributed by atoms with Gasteiger partial charge in [-0.3, -0.25) is 4.79 Å². The van der Waals surface area contributed by atoms with E-state index in [1.807, 2.05) is 36.1 Å². The first-order chi connectivity index (χ1) is 14.6. The van der Waals surface area contributed by atoms with Crippen molar-refractivity contribution in [1.29, 1.82) is 0 Å². The normalized spacial score (nSPS) is 18.4. The molecular weight excluding hydrogens is 398 g/mol. The highest BCUT2D eigenvalue weighted by Gasteiger charge is 2.29. The number of halogens is 1. The molecule has 2 saturated heterocycles. The van der Waals surface area contributed by atoms with Crippen LogP contribution in [0.3, 0.4) is 0 Å². The van der Waals surface area contributed by atoms with Crippen molar-refractivity contribution in [2.24, 2.45) is 0 Å². The number of piperidine rings is 2. The first kappa shape index (κ1) is 21.1. The van der Waals surface area contributed by atoms with E-state index >= 15 is 0 Å². The van der Waals surface area contributed by atoms with Gasteiger partial charge in [-0.2, -0.15) is 0 Å². The fourth-order valence-corrected chi connectivity index (χ4v) is 4.76. The monoisotopic (exact) mass is 427 g/mol. The quantitative estimate of drug-likeness (QED) is 0.776. The number of nitrogens with zero attached hydrogens (tertiary/aromatic N) is 4. The van der Waals surface area contributed by atoms with Gasteiger partial charge in [0.25, 0.3) is 5.91 Å². The fourth-order valence-electron chi connectivity index (χ4n) is 4.54. The number of carbonyl (C=O) groups excluding carboxylic acids is 1. The van der Waals surface area contributed by atoms with Crippen molar-refractivity contribution in [2.45, 2.75) is 51.6 Å². The van der Waals surface area contributed by atoms with Crippen LogP contribution in [-0.2, 0) is 6.54 Å². The molecule has 1 amide bonds. The van der Waals surface area contributed by atoms with Gasteiger partial charge in [0.2, 0.25) is 0 Å². The van der Waals surface area contributed by atoms with Gasteiger partial charge < -0.3 is 15.1 Å². The van der Waals surface area contributed by atoms with E-state index in [0.29, 0.717) is 29.1 Å². The zero-order valence-corrected chi connectivity index (χ0v) is 18.4. The second kappa shape index (κ2) is 9.75. The standard InChI is InChI=1S/C23H30ClN5O/c1-17-21(26-16-27-22(17)25-15-18-6-5-7-19(24)14-18)23(30)29-12-8-20(9-13-29)28-10-3-2-4-11-28/h5-7,14,16,20H,2-4,8-13,15H2,1H3,(H,25,26,27). The number of likely N-dealkylation sites (tertiary alicyclic amines) is 2. The van der Waals surface area contributed by atoms with Crippen molar-refractivity contribution in [3.63, 3.8) is 0 Å². The Hall–Kier alpha value is -2.18. The number of anilines is 1. The predicted octanol–water partition coefficient (Wildman–Crippen LogP) is 4.14. The van der Waals surface area contributed by atoms with Crippen LogP contribution in [0.25, 0.3) is 0 Å². The van der Waals surface area contributed by atoms with Gasteiger partial charge in [0.15, 0.2) is 0 Å².